The van der Waals surface area contributed by atoms with Crippen LogP contribution in [0.2, 0.25) is 5.02 Å². The Morgan fingerprint density at radius 2 is 1.79 bits per heavy atom. The van der Waals surface area contributed by atoms with Crippen molar-refractivity contribution >= 4 is 17.3 Å². The fraction of sp³-hybridized carbons (Fsp3) is 0.462. The summed E-state index contributed by atoms with van der Waals surface area (Å²) >= 11 is 6.15. The van der Waals surface area contributed by atoms with Gasteiger partial charge < -0.3 is 9.64 Å². The van der Waals surface area contributed by atoms with E-state index in [-0.39, 0.29) is 11.7 Å². The molecule has 0 amide bonds. The van der Waals surface area contributed by atoms with Crippen molar-refractivity contribution in [1.82, 2.24) is 19.2 Å². The van der Waals surface area contributed by atoms with Crippen LogP contribution in [0.25, 0.3) is 0 Å². The second-order valence-electron chi connectivity index (χ2n) is 8.76. The summed E-state index contributed by atoms with van der Waals surface area (Å²) in [6, 6.07) is 17.8. The third-order valence-electron chi connectivity index (χ3n) is 6.43. The Labute approximate surface area is 206 Å². The summed E-state index contributed by atoms with van der Waals surface area (Å²) in [4.78, 5) is 17.9. The molecule has 8 heteroatoms. The molecule has 1 aromatic heterocycles. The van der Waals surface area contributed by atoms with Crippen molar-refractivity contribution in [2.75, 3.05) is 44.2 Å². The first-order valence-electron chi connectivity index (χ1n) is 12.1. The number of halogens is 1. The molecule has 0 radical (unpaired) electrons. The SMILES string of the molecule is CCc1nn(C(C)CCN2CCN(c3cccc(Cl)c3)CC2)c(=O)n1CCOc1ccccc1. The zero-order valence-electron chi connectivity index (χ0n) is 20.1. The molecule has 1 saturated heterocycles. The Bertz CT molecular complexity index is 1110. The highest BCUT2D eigenvalue weighted by Crippen LogP contribution is 2.21. The van der Waals surface area contributed by atoms with Crippen molar-refractivity contribution in [2.24, 2.45) is 0 Å². The minimum absolute atomic E-state index is 0.0417. The Morgan fingerprint density at radius 1 is 1.03 bits per heavy atom. The zero-order chi connectivity index (χ0) is 23.9. The minimum atomic E-state index is -0.0493. The van der Waals surface area contributed by atoms with Gasteiger partial charge in [0.25, 0.3) is 0 Å². The fourth-order valence-corrected chi connectivity index (χ4v) is 4.58. The van der Waals surface area contributed by atoms with Gasteiger partial charge in [-0.25, -0.2) is 9.48 Å². The topological polar surface area (TPSA) is 55.5 Å². The lowest BCUT2D eigenvalue weighted by Gasteiger charge is -2.36. The minimum Gasteiger partial charge on any atom is -0.492 e. The third-order valence-corrected chi connectivity index (χ3v) is 6.67. The van der Waals surface area contributed by atoms with Gasteiger partial charge in [-0.1, -0.05) is 42.8 Å². The van der Waals surface area contributed by atoms with E-state index in [2.05, 4.69) is 27.9 Å². The number of hydrogen-bond donors (Lipinski definition) is 0. The van der Waals surface area contributed by atoms with E-state index in [1.54, 1.807) is 9.25 Å². The van der Waals surface area contributed by atoms with Crippen LogP contribution in [0, 0.1) is 0 Å². The first kappa shape index (κ1) is 24.4. The molecular formula is C26H34ClN5O2. The first-order chi connectivity index (χ1) is 16.5. The standard InChI is InChI=1S/C26H34ClN5O2/c1-3-25-28-32(26(33)31(25)18-19-34-24-10-5-4-6-11-24)21(2)12-13-29-14-16-30(17-15-29)23-9-7-8-22(27)20-23/h4-11,20-21H,3,12-19H2,1-2H3. The van der Waals surface area contributed by atoms with E-state index in [1.165, 1.54) is 5.69 Å². The number of hydrogen-bond acceptors (Lipinski definition) is 5. The maximum atomic E-state index is 13.1. The summed E-state index contributed by atoms with van der Waals surface area (Å²) in [6.45, 7) is 9.95. The number of piperazine rings is 1. The lowest BCUT2D eigenvalue weighted by Crippen LogP contribution is -2.47. The highest BCUT2D eigenvalue weighted by molar-refractivity contribution is 6.30. The third kappa shape index (κ3) is 6.02. The zero-order valence-corrected chi connectivity index (χ0v) is 20.8. The van der Waals surface area contributed by atoms with Gasteiger partial charge in [-0.3, -0.25) is 9.47 Å². The van der Waals surface area contributed by atoms with Gasteiger partial charge in [0.05, 0.1) is 12.6 Å². The van der Waals surface area contributed by atoms with Crippen molar-refractivity contribution in [3.8, 4) is 5.75 Å². The molecule has 1 unspecified atom stereocenters. The second kappa shape index (κ2) is 11.6. The van der Waals surface area contributed by atoms with E-state index in [4.69, 9.17) is 16.3 Å². The number of para-hydroxylation sites is 1. The largest absolute Gasteiger partial charge is 0.492 e. The van der Waals surface area contributed by atoms with Crippen LogP contribution in [0.15, 0.2) is 59.4 Å². The smallest absolute Gasteiger partial charge is 0.346 e. The summed E-state index contributed by atoms with van der Waals surface area (Å²) in [7, 11) is 0. The quantitative estimate of drug-likeness (QED) is 0.434. The molecule has 1 aliphatic heterocycles. The number of nitrogens with zero attached hydrogens (tertiary/aromatic N) is 5. The van der Waals surface area contributed by atoms with Gasteiger partial charge in [0.15, 0.2) is 0 Å². The molecule has 3 aromatic rings. The maximum absolute atomic E-state index is 13.1. The Morgan fingerprint density at radius 3 is 2.50 bits per heavy atom. The first-order valence-corrected chi connectivity index (χ1v) is 12.5. The molecule has 1 fully saturated rings. The molecular weight excluding hydrogens is 450 g/mol. The number of benzene rings is 2. The Kier molecular flexibility index (Phi) is 8.29. The van der Waals surface area contributed by atoms with E-state index in [0.717, 1.165) is 55.7 Å². The van der Waals surface area contributed by atoms with Crippen LogP contribution in [0.4, 0.5) is 5.69 Å². The molecule has 4 rings (SSSR count). The van der Waals surface area contributed by atoms with E-state index >= 15 is 0 Å². The molecule has 2 aromatic carbocycles. The molecule has 0 aliphatic carbocycles. The van der Waals surface area contributed by atoms with Crippen molar-refractivity contribution in [1.29, 1.82) is 0 Å². The van der Waals surface area contributed by atoms with Crippen molar-refractivity contribution in [3.05, 3.63) is 75.9 Å². The summed E-state index contributed by atoms with van der Waals surface area (Å²) < 4.78 is 9.20. The van der Waals surface area contributed by atoms with Crippen molar-refractivity contribution in [3.63, 3.8) is 0 Å². The van der Waals surface area contributed by atoms with E-state index in [0.29, 0.717) is 19.6 Å². The van der Waals surface area contributed by atoms with Gasteiger partial charge in [-0.2, -0.15) is 5.10 Å². The van der Waals surface area contributed by atoms with Crippen molar-refractivity contribution < 1.29 is 4.74 Å². The van der Waals surface area contributed by atoms with Gasteiger partial charge in [0.2, 0.25) is 0 Å². The van der Waals surface area contributed by atoms with Gasteiger partial charge in [-0.05, 0) is 43.7 Å². The highest BCUT2D eigenvalue weighted by atomic mass is 35.5. The van der Waals surface area contributed by atoms with Crippen LogP contribution in [0.1, 0.15) is 32.1 Å². The molecule has 34 heavy (non-hydrogen) atoms. The fourth-order valence-electron chi connectivity index (χ4n) is 4.39. The van der Waals surface area contributed by atoms with Crippen LogP contribution in [-0.4, -0.2) is 58.6 Å². The Balaban J connectivity index is 1.29. The lowest BCUT2D eigenvalue weighted by atomic mass is 10.2. The maximum Gasteiger partial charge on any atom is 0.346 e. The number of ether oxygens (including phenoxy) is 1. The van der Waals surface area contributed by atoms with Crippen LogP contribution >= 0.6 is 11.6 Å². The molecule has 0 bridgehead atoms. The lowest BCUT2D eigenvalue weighted by molar-refractivity contribution is 0.236. The Hall–Kier alpha value is -2.77. The average Bonchev–Trinajstić information content (AvgIpc) is 3.19. The average molecular weight is 484 g/mol. The van der Waals surface area contributed by atoms with Gasteiger partial charge in [0.1, 0.15) is 18.2 Å². The monoisotopic (exact) mass is 483 g/mol. The predicted octanol–water partition coefficient (Wildman–Crippen LogP) is 4.11. The van der Waals surface area contributed by atoms with Crippen molar-refractivity contribution in [2.45, 2.75) is 39.3 Å². The summed E-state index contributed by atoms with van der Waals surface area (Å²) in [5, 5.41) is 5.42. The molecule has 182 valence electrons. The molecule has 0 saturated carbocycles. The highest BCUT2D eigenvalue weighted by Gasteiger charge is 2.20. The van der Waals surface area contributed by atoms with Crippen LogP contribution in [0.3, 0.4) is 0 Å². The van der Waals surface area contributed by atoms with Crippen LogP contribution in [0.5, 0.6) is 5.75 Å². The van der Waals surface area contributed by atoms with Crippen LogP contribution < -0.4 is 15.3 Å². The molecule has 1 atom stereocenters. The van der Waals surface area contributed by atoms with Gasteiger partial charge in [-0.15, -0.1) is 0 Å². The number of rotatable bonds is 10. The molecule has 0 N–H and O–H groups in total. The number of aryl methyl sites for hydroxylation is 1. The second-order valence-corrected chi connectivity index (χ2v) is 9.19. The summed E-state index contributed by atoms with van der Waals surface area (Å²) in [6.07, 6.45) is 1.60. The molecule has 7 nitrogen and oxygen atoms in total. The molecule has 2 heterocycles. The van der Waals surface area contributed by atoms with Gasteiger partial charge >= 0.3 is 5.69 Å². The molecule has 1 aliphatic rings. The molecule has 0 spiro atoms. The summed E-state index contributed by atoms with van der Waals surface area (Å²) in [5.74, 6) is 1.62. The van der Waals surface area contributed by atoms with Gasteiger partial charge in [0, 0.05) is 49.9 Å². The number of aromatic nitrogens is 3. The number of anilines is 1. The summed E-state index contributed by atoms with van der Waals surface area (Å²) in [5.41, 5.74) is 1.13. The van der Waals surface area contributed by atoms with E-state index in [9.17, 15) is 4.79 Å². The van der Waals surface area contributed by atoms with Crippen LogP contribution in [-0.2, 0) is 13.0 Å². The van der Waals surface area contributed by atoms with E-state index in [1.807, 2.05) is 55.5 Å². The van der Waals surface area contributed by atoms with E-state index < -0.39 is 0 Å². The normalized spacial score (nSPS) is 15.4. The predicted molar refractivity (Wildman–Crippen MR) is 137 cm³/mol.